The lowest BCUT2D eigenvalue weighted by Crippen LogP contribution is -2.11. The van der Waals surface area contributed by atoms with Crippen molar-refractivity contribution in [1.29, 1.82) is 0 Å². The first kappa shape index (κ1) is 14.0. The van der Waals surface area contributed by atoms with E-state index in [0.29, 0.717) is 5.75 Å². The summed E-state index contributed by atoms with van der Waals surface area (Å²) in [5, 5.41) is 0. The largest absolute Gasteiger partial charge is 0.461 e. The Kier molecular flexibility index (Phi) is 4.34. The number of nitrogens with zero attached hydrogens (tertiary/aromatic N) is 3. The van der Waals surface area contributed by atoms with Crippen molar-refractivity contribution in [1.82, 2.24) is 15.0 Å². The van der Waals surface area contributed by atoms with Crippen LogP contribution in [0.3, 0.4) is 0 Å². The number of hydrogen-bond donors (Lipinski definition) is 1. The highest BCUT2D eigenvalue weighted by Crippen LogP contribution is 2.24. The fraction of sp³-hybridized carbons (Fsp3) is 0.357. The van der Waals surface area contributed by atoms with E-state index in [0.717, 1.165) is 12.0 Å². The van der Waals surface area contributed by atoms with Crippen molar-refractivity contribution >= 4 is 5.95 Å². The molecule has 0 aliphatic heterocycles. The number of hydrogen-bond acceptors (Lipinski definition) is 6. The number of benzene rings is 1. The molecule has 1 aromatic heterocycles. The molecule has 2 rings (SSSR count). The van der Waals surface area contributed by atoms with Crippen LogP contribution in [0.5, 0.6) is 17.8 Å². The predicted molar refractivity (Wildman–Crippen MR) is 75.9 cm³/mol. The van der Waals surface area contributed by atoms with Crippen molar-refractivity contribution in [3.05, 3.63) is 29.8 Å². The van der Waals surface area contributed by atoms with Crippen LogP contribution in [0.2, 0.25) is 0 Å². The Morgan fingerprint density at radius 1 is 1.10 bits per heavy atom. The number of para-hydroxylation sites is 1. The van der Waals surface area contributed by atoms with Gasteiger partial charge >= 0.3 is 12.0 Å². The van der Waals surface area contributed by atoms with E-state index < -0.39 is 0 Å². The summed E-state index contributed by atoms with van der Waals surface area (Å²) < 4.78 is 11.1. The minimum absolute atomic E-state index is 0.0485. The van der Waals surface area contributed by atoms with Gasteiger partial charge in [0.1, 0.15) is 5.75 Å². The van der Waals surface area contributed by atoms with Crippen LogP contribution in [0, 0.1) is 0 Å². The van der Waals surface area contributed by atoms with Gasteiger partial charge in [0.15, 0.2) is 0 Å². The molecule has 0 radical (unpaired) electrons. The summed E-state index contributed by atoms with van der Waals surface area (Å²) in [6, 6.07) is 8.00. The predicted octanol–water partition coefficient (Wildman–Crippen LogP) is 2.60. The third-order valence-corrected chi connectivity index (χ3v) is 2.51. The molecule has 0 atom stereocenters. The van der Waals surface area contributed by atoms with Crippen molar-refractivity contribution in [3.63, 3.8) is 0 Å². The lowest BCUT2D eigenvalue weighted by Gasteiger charge is -2.11. The molecule has 1 heterocycles. The van der Waals surface area contributed by atoms with Crippen molar-refractivity contribution in [2.24, 2.45) is 0 Å². The van der Waals surface area contributed by atoms with E-state index >= 15 is 0 Å². The van der Waals surface area contributed by atoms with Crippen LogP contribution >= 0.6 is 0 Å². The summed E-state index contributed by atoms with van der Waals surface area (Å²) in [6.07, 6.45) is 0.805. The molecule has 20 heavy (non-hydrogen) atoms. The van der Waals surface area contributed by atoms with Crippen molar-refractivity contribution in [3.8, 4) is 17.8 Å². The second kappa shape index (κ2) is 6.18. The van der Waals surface area contributed by atoms with E-state index in [1.165, 1.54) is 0 Å². The number of nitrogens with two attached hydrogens (primary N) is 1. The summed E-state index contributed by atoms with van der Waals surface area (Å²) >= 11 is 0. The summed E-state index contributed by atoms with van der Waals surface area (Å²) in [4.78, 5) is 12.0. The van der Waals surface area contributed by atoms with E-state index in [1.807, 2.05) is 38.1 Å². The Labute approximate surface area is 118 Å². The van der Waals surface area contributed by atoms with Crippen LogP contribution in [0.1, 0.15) is 26.3 Å². The van der Waals surface area contributed by atoms with Gasteiger partial charge in [-0.1, -0.05) is 25.1 Å². The molecular formula is C14H18N4O2. The number of aromatic nitrogens is 3. The van der Waals surface area contributed by atoms with Gasteiger partial charge in [0.25, 0.3) is 0 Å². The van der Waals surface area contributed by atoms with Crippen molar-refractivity contribution < 1.29 is 9.47 Å². The molecule has 0 spiro atoms. The molecule has 0 aliphatic carbocycles. The molecule has 6 nitrogen and oxygen atoms in total. The molecule has 0 aliphatic rings. The zero-order chi connectivity index (χ0) is 14.5. The topological polar surface area (TPSA) is 83.2 Å². The normalized spacial score (nSPS) is 10.6. The van der Waals surface area contributed by atoms with E-state index in [1.54, 1.807) is 0 Å². The maximum Gasteiger partial charge on any atom is 0.330 e. The maximum atomic E-state index is 5.68. The summed E-state index contributed by atoms with van der Waals surface area (Å²) in [6.45, 7) is 5.82. The highest BCUT2D eigenvalue weighted by atomic mass is 16.5. The fourth-order valence-electron chi connectivity index (χ4n) is 1.66. The average Bonchev–Trinajstić information content (AvgIpc) is 2.37. The smallest absolute Gasteiger partial charge is 0.330 e. The molecule has 6 heteroatoms. The maximum absolute atomic E-state index is 5.68. The highest BCUT2D eigenvalue weighted by molar-refractivity contribution is 5.35. The zero-order valence-corrected chi connectivity index (χ0v) is 11.8. The van der Waals surface area contributed by atoms with Gasteiger partial charge in [0, 0.05) is 0 Å². The van der Waals surface area contributed by atoms with Crippen LogP contribution in [-0.2, 0) is 6.42 Å². The van der Waals surface area contributed by atoms with Gasteiger partial charge in [0.2, 0.25) is 5.95 Å². The van der Waals surface area contributed by atoms with Gasteiger partial charge in [-0.15, -0.1) is 4.98 Å². The van der Waals surface area contributed by atoms with E-state index in [-0.39, 0.29) is 24.1 Å². The minimum Gasteiger partial charge on any atom is -0.461 e. The van der Waals surface area contributed by atoms with Crippen molar-refractivity contribution in [2.75, 3.05) is 5.73 Å². The molecule has 0 amide bonds. The second-order valence-corrected chi connectivity index (χ2v) is 4.49. The van der Waals surface area contributed by atoms with Crippen molar-refractivity contribution in [2.45, 2.75) is 33.3 Å². The van der Waals surface area contributed by atoms with Gasteiger partial charge in [-0.2, -0.15) is 9.97 Å². The molecule has 0 fully saturated rings. The SMILES string of the molecule is CCc1ccccc1Oc1nc(N)nc(OC(C)C)n1. The van der Waals surface area contributed by atoms with Gasteiger partial charge < -0.3 is 15.2 Å². The lowest BCUT2D eigenvalue weighted by atomic mass is 10.1. The molecule has 1 aromatic carbocycles. The Morgan fingerprint density at radius 3 is 2.50 bits per heavy atom. The average molecular weight is 274 g/mol. The number of anilines is 1. The molecule has 0 unspecified atom stereocenters. The molecule has 0 bridgehead atoms. The van der Waals surface area contributed by atoms with Crippen LogP contribution in [0.4, 0.5) is 5.95 Å². The summed E-state index contributed by atoms with van der Waals surface area (Å²) in [5.74, 6) is 0.774. The second-order valence-electron chi connectivity index (χ2n) is 4.49. The van der Waals surface area contributed by atoms with Crippen LogP contribution in [-0.4, -0.2) is 21.1 Å². The number of rotatable bonds is 5. The first-order valence-electron chi connectivity index (χ1n) is 6.52. The standard InChI is InChI=1S/C14H18N4O2/c1-4-10-7-5-6-8-11(10)20-14-17-12(15)16-13(18-14)19-9(2)3/h5-9H,4H2,1-3H3,(H2,15,16,17,18). The third-order valence-electron chi connectivity index (χ3n) is 2.51. The number of ether oxygens (including phenoxy) is 2. The van der Waals surface area contributed by atoms with Gasteiger partial charge in [-0.05, 0) is 31.9 Å². The lowest BCUT2D eigenvalue weighted by molar-refractivity contribution is 0.218. The monoisotopic (exact) mass is 274 g/mol. The number of nitrogen functional groups attached to an aromatic ring is 1. The minimum atomic E-state index is -0.0485. The summed E-state index contributed by atoms with van der Waals surface area (Å²) in [5.41, 5.74) is 6.70. The third kappa shape index (κ3) is 3.57. The van der Waals surface area contributed by atoms with Gasteiger partial charge in [-0.3, -0.25) is 0 Å². The first-order valence-corrected chi connectivity index (χ1v) is 6.52. The molecule has 2 N–H and O–H groups in total. The van der Waals surface area contributed by atoms with Gasteiger partial charge in [-0.25, -0.2) is 0 Å². The highest BCUT2D eigenvalue weighted by Gasteiger charge is 2.10. The Bertz CT molecular complexity index is 587. The first-order chi connectivity index (χ1) is 9.58. The van der Waals surface area contributed by atoms with Crippen LogP contribution < -0.4 is 15.2 Å². The Balaban J connectivity index is 2.26. The molecular weight excluding hydrogens is 256 g/mol. The van der Waals surface area contributed by atoms with E-state index in [4.69, 9.17) is 15.2 Å². The zero-order valence-electron chi connectivity index (χ0n) is 11.8. The molecule has 0 saturated carbocycles. The Morgan fingerprint density at radius 2 is 1.80 bits per heavy atom. The molecule has 2 aromatic rings. The fourth-order valence-corrected chi connectivity index (χ4v) is 1.66. The summed E-state index contributed by atoms with van der Waals surface area (Å²) in [7, 11) is 0. The number of aryl methyl sites for hydroxylation is 1. The van der Waals surface area contributed by atoms with E-state index in [9.17, 15) is 0 Å². The van der Waals surface area contributed by atoms with Gasteiger partial charge in [0.05, 0.1) is 6.10 Å². The van der Waals surface area contributed by atoms with E-state index in [2.05, 4.69) is 21.9 Å². The molecule has 106 valence electrons. The van der Waals surface area contributed by atoms with Crippen LogP contribution in [0.15, 0.2) is 24.3 Å². The van der Waals surface area contributed by atoms with Crippen LogP contribution in [0.25, 0.3) is 0 Å². The Hall–Kier alpha value is -2.37. The molecule has 0 saturated heterocycles. The quantitative estimate of drug-likeness (QED) is 0.902.